The standard InChI is InChI=1S/C25H28N2O5/c1-16-11-13-26(14-12-16)23-22(18-7-5-6-8-20(18)31-3)24(28)27(25(23)29)19-10-9-17(30-2)15-21(19)32-4/h5-10,15-16H,11-14H2,1-4H3. The third-order valence-corrected chi connectivity index (χ3v) is 6.16. The predicted molar refractivity (Wildman–Crippen MR) is 122 cm³/mol. The number of rotatable bonds is 6. The lowest BCUT2D eigenvalue weighted by Crippen LogP contribution is -2.38. The average Bonchev–Trinajstić information content (AvgIpc) is 3.08. The Kier molecular flexibility index (Phi) is 6.08. The van der Waals surface area contributed by atoms with Gasteiger partial charge in [0.1, 0.15) is 22.9 Å². The van der Waals surface area contributed by atoms with E-state index >= 15 is 0 Å². The van der Waals surface area contributed by atoms with Gasteiger partial charge in [-0.15, -0.1) is 0 Å². The van der Waals surface area contributed by atoms with Crippen LogP contribution in [-0.4, -0.2) is 51.1 Å². The monoisotopic (exact) mass is 436 g/mol. The highest BCUT2D eigenvalue weighted by molar-refractivity contribution is 6.46. The molecule has 0 N–H and O–H groups in total. The number of ether oxygens (including phenoxy) is 3. The van der Waals surface area contributed by atoms with Gasteiger partial charge >= 0.3 is 0 Å². The van der Waals surface area contributed by atoms with Gasteiger partial charge in [0, 0.05) is 24.7 Å². The molecule has 2 amide bonds. The maximum absolute atomic E-state index is 13.8. The lowest BCUT2D eigenvalue weighted by Gasteiger charge is -2.32. The second kappa shape index (κ2) is 8.94. The summed E-state index contributed by atoms with van der Waals surface area (Å²) in [5.74, 6) is 1.36. The number of carbonyl (C=O) groups is 2. The van der Waals surface area contributed by atoms with Gasteiger partial charge in [0.15, 0.2) is 0 Å². The van der Waals surface area contributed by atoms with E-state index in [1.807, 2.05) is 23.1 Å². The lowest BCUT2D eigenvalue weighted by molar-refractivity contribution is -0.120. The molecule has 2 aliphatic heterocycles. The van der Waals surface area contributed by atoms with Crippen molar-refractivity contribution >= 4 is 23.1 Å². The minimum absolute atomic E-state index is 0.353. The first-order valence-electron chi connectivity index (χ1n) is 10.7. The molecule has 0 radical (unpaired) electrons. The number of likely N-dealkylation sites (tertiary alicyclic amines) is 1. The summed E-state index contributed by atoms with van der Waals surface area (Å²) in [5, 5.41) is 0. The fourth-order valence-corrected chi connectivity index (χ4v) is 4.33. The Hall–Kier alpha value is -3.48. The Bertz CT molecular complexity index is 1070. The smallest absolute Gasteiger partial charge is 0.282 e. The highest BCUT2D eigenvalue weighted by atomic mass is 16.5. The number of benzene rings is 2. The number of para-hydroxylation sites is 1. The molecule has 7 nitrogen and oxygen atoms in total. The van der Waals surface area contributed by atoms with Crippen LogP contribution in [0.3, 0.4) is 0 Å². The Morgan fingerprint density at radius 3 is 2.19 bits per heavy atom. The molecule has 0 spiro atoms. The summed E-state index contributed by atoms with van der Waals surface area (Å²) in [4.78, 5) is 30.8. The summed E-state index contributed by atoms with van der Waals surface area (Å²) in [7, 11) is 4.62. The molecule has 2 heterocycles. The number of piperidine rings is 1. The van der Waals surface area contributed by atoms with Gasteiger partial charge in [0.05, 0.1) is 32.6 Å². The number of anilines is 1. The third-order valence-electron chi connectivity index (χ3n) is 6.16. The Balaban J connectivity index is 1.86. The van der Waals surface area contributed by atoms with E-state index in [1.54, 1.807) is 38.5 Å². The summed E-state index contributed by atoms with van der Waals surface area (Å²) >= 11 is 0. The van der Waals surface area contributed by atoms with E-state index in [4.69, 9.17) is 14.2 Å². The van der Waals surface area contributed by atoms with Crippen LogP contribution in [0.1, 0.15) is 25.3 Å². The maximum atomic E-state index is 13.8. The van der Waals surface area contributed by atoms with Crippen molar-refractivity contribution in [2.24, 2.45) is 5.92 Å². The number of imide groups is 1. The summed E-state index contributed by atoms with van der Waals surface area (Å²) in [6.45, 7) is 3.66. The van der Waals surface area contributed by atoms with Gasteiger partial charge in [-0.25, -0.2) is 4.90 Å². The van der Waals surface area contributed by atoms with E-state index < -0.39 is 5.91 Å². The van der Waals surface area contributed by atoms with Crippen LogP contribution >= 0.6 is 0 Å². The number of amides is 2. The molecule has 1 fully saturated rings. The molecule has 2 aromatic carbocycles. The van der Waals surface area contributed by atoms with E-state index in [0.717, 1.165) is 25.9 Å². The molecule has 1 saturated heterocycles. The molecular weight excluding hydrogens is 408 g/mol. The third kappa shape index (κ3) is 3.68. The van der Waals surface area contributed by atoms with Crippen molar-refractivity contribution < 1.29 is 23.8 Å². The molecule has 2 aliphatic rings. The Morgan fingerprint density at radius 1 is 0.844 bits per heavy atom. The highest BCUT2D eigenvalue weighted by Gasteiger charge is 2.44. The molecule has 0 aliphatic carbocycles. The molecule has 0 unspecified atom stereocenters. The number of carbonyl (C=O) groups excluding carboxylic acids is 2. The van der Waals surface area contributed by atoms with Gasteiger partial charge in [0.2, 0.25) is 0 Å². The first-order valence-corrected chi connectivity index (χ1v) is 10.7. The van der Waals surface area contributed by atoms with Crippen LogP contribution in [0.4, 0.5) is 5.69 Å². The SMILES string of the molecule is COc1ccc(N2C(=O)C(c3ccccc3OC)=C(N3CCC(C)CC3)C2=O)c(OC)c1. The largest absolute Gasteiger partial charge is 0.497 e. The zero-order valence-corrected chi connectivity index (χ0v) is 18.9. The zero-order valence-electron chi connectivity index (χ0n) is 18.9. The minimum Gasteiger partial charge on any atom is -0.497 e. The molecule has 2 aromatic rings. The van der Waals surface area contributed by atoms with Crippen LogP contribution in [0.15, 0.2) is 48.2 Å². The minimum atomic E-state index is -0.392. The van der Waals surface area contributed by atoms with E-state index in [1.165, 1.54) is 12.0 Å². The summed E-state index contributed by atoms with van der Waals surface area (Å²) in [5.41, 5.74) is 1.78. The van der Waals surface area contributed by atoms with E-state index in [0.29, 0.717) is 45.7 Å². The molecule has 0 saturated carbocycles. The van der Waals surface area contributed by atoms with Crippen LogP contribution in [0.25, 0.3) is 5.57 Å². The van der Waals surface area contributed by atoms with Crippen LogP contribution in [-0.2, 0) is 9.59 Å². The van der Waals surface area contributed by atoms with Gasteiger partial charge in [-0.3, -0.25) is 9.59 Å². The fourth-order valence-electron chi connectivity index (χ4n) is 4.33. The maximum Gasteiger partial charge on any atom is 0.282 e. The van der Waals surface area contributed by atoms with Crippen molar-refractivity contribution in [3.8, 4) is 17.2 Å². The second-order valence-corrected chi connectivity index (χ2v) is 8.08. The molecule has 0 aromatic heterocycles. The fraction of sp³-hybridized carbons (Fsp3) is 0.360. The van der Waals surface area contributed by atoms with Crippen molar-refractivity contribution in [1.82, 2.24) is 4.90 Å². The molecule has 4 rings (SSSR count). The molecular formula is C25H28N2O5. The normalized spacial score (nSPS) is 17.2. The van der Waals surface area contributed by atoms with Crippen molar-refractivity contribution in [3.05, 3.63) is 53.7 Å². The predicted octanol–water partition coefficient (Wildman–Crippen LogP) is 3.73. The highest BCUT2D eigenvalue weighted by Crippen LogP contribution is 2.42. The molecule has 32 heavy (non-hydrogen) atoms. The molecule has 0 bridgehead atoms. The number of methoxy groups -OCH3 is 3. The van der Waals surface area contributed by atoms with E-state index in [2.05, 4.69) is 6.92 Å². The van der Waals surface area contributed by atoms with Gasteiger partial charge in [-0.2, -0.15) is 0 Å². The summed E-state index contributed by atoms with van der Waals surface area (Å²) in [6.07, 6.45) is 1.94. The summed E-state index contributed by atoms with van der Waals surface area (Å²) in [6, 6.07) is 12.4. The first-order chi connectivity index (χ1) is 15.5. The number of hydrogen-bond donors (Lipinski definition) is 0. The first kappa shape index (κ1) is 21.7. The van der Waals surface area contributed by atoms with E-state index in [9.17, 15) is 9.59 Å². The number of nitrogens with zero attached hydrogens (tertiary/aromatic N) is 2. The van der Waals surface area contributed by atoms with Gasteiger partial charge in [-0.05, 0) is 37.0 Å². The van der Waals surface area contributed by atoms with Crippen molar-refractivity contribution in [3.63, 3.8) is 0 Å². The van der Waals surface area contributed by atoms with Crippen molar-refractivity contribution in [1.29, 1.82) is 0 Å². The van der Waals surface area contributed by atoms with Gasteiger partial charge in [-0.1, -0.05) is 25.1 Å². The Morgan fingerprint density at radius 2 is 1.53 bits per heavy atom. The van der Waals surface area contributed by atoms with E-state index in [-0.39, 0.29) is 5.91 Å². The zero-order chi connectivity index (χ0) is 22.8. The number of hydrogen-bond acceptors (Lipinski definition) is 6. The van der Waals surface area contributed by atoms with Crippen LogP contribution < -0.4 is 19.1 Å². The quantitative estimate of drug-likeness (QED) is 0.643. The Labute approximate surface area is 188 Å². The topological polar surface area (TPSA) is 68.3 Å². The second-order valence-electron chi connectivity index (χ2n) is 8.08. The van der Waals surface area contributed by atoms with Crippen molar-refractivity contribution in [2.75, 3.05) is 39.3 Å². The van der Waals surface area contributed by atoms with Crippen LogP contribution in [0.2, 0.25) is 0 Å². The molecule has 0 atom stereocenters. The van der Waals surface area contributed by atoms with Gasteiger partial charge in [0.25, 0.3) is 11.8 Å². The molecule has 7 heteroatoms. The summed E-state index contributed by atoms with van der Waals surface area (Å²) < 4.78 is 16.3. The lowest BCUT2D eigenvalue weighted by atomic mass is 9.97. The molecule has 168 valence electrons. The van der Waals surface area contributed by atoms with Crippen LogP contribution in [0.5, 0.6) is 17.2 Å². The van der Waals surface area contributed by atoms with Crippen molar-refractivity contribution in [2.45, 2.75) is 19.8 Å². The average molecular weight is 437 g/mol. The van der Waals surface area contributed by atoms with Crippen LogP contribution in [0, 0.1) is 5.92 Å². The van der Waals surface area contributed by atoms with Gasteiger partial charge < -0.3 is 19.1 Å².